The first-order chi connectivity index (χ1) is 11.3. The van der Waals surface area contributed by atoms with Crippen LogP contribution in [0.15, 0.2) is 59.7 Å². The van der Waals surface area contributed by atoms with Gasteiger partial charge in [-0.15, -0.1) is 0 Å². The Morgan fingerprint density at radius 1 is 1.17 bits per heavy atom. The second-order valence-corrected chi connectivity index (χ2v) is 5.36. The predicted molar refractivity (Wildman–Crippen MR) is 94.2 cm³/mol. The summed E-state index contributed by atoms with van der Waals surface area (Å²) in [6.07, 6.45) is 1.68. The number of aromatic nitrogens is 1. The van der Waals surface area contributed by atoms with E-state index in [2.05, 4.69) is 15.5 Å². The molecule has 0 saturated carbocycles. The molecule has 3 rings (SSSR count). The molecule has 0 aliphatic rings. The molecule has 5 heteroatoms. The largest absolute Gasteiger partial charge is 0.497 e. The lowest BCUT2D eigenvalue weighted by Crippen LogP contribution is -2.05. The van der Waals surface area contributed by atoms with Crippen molar-refractivity contribution in [3.8, 4) is 5.75 Å². The number of nitrogens with one attached hydrogen (secondary N) is 1. The number of methoxy groups -OCH3 is 1. The Kier molecular flexibility index (Phi) is 4.74. The predicted octanol–water partition coefficient (Wildman–Crippen LogP) is 4.02. The van der Waals surface area contributed by atoms with E-state index in [0.717, 1.165) is 22.2 Å². The monoisotopic (exact) mass is 325 g/mol. The van der Waals surface area contributed by atoms with Gasteiger partial charge in [-0.25, -0.2) is 4.98 Å². The van der Waals surface area contributed by atoms with E-state index in [0.29, 0.717) is 11.7 Å². The normalized spacial score (nSPS) is 11.0. The van der Waals surface area contributed by atoms with Crippen LogP contribution in [0.2, 0.25) is 5.15 Å². The lowest BCUT2D eigenvalue weighted by molar-refractivity contribution is 0.415. The average molecular weight is 326 g/mol. The van der Waals surface area contributed by atoms with Crippen LogP contribution in [0.25, 0.3) is 10.9 Å². The van der Waals surface area contributed by atoms with Crippen LogP contribution >= 0.6 is 11.6 Å². The van der Waals surface area contributed by atoms with Crippen LogP contribution < -0.4 is 10.2 Å². The van der Waals surface area contributed by atoms with Crippen molar-refractivity contribution in [1.82, 2.24) is 10.4 Å². The summed E-state index contributed by atoms with van der Waals surface area (Å²) in [4.78, 5) is 4.39. The number of nitrogens with zero attached hydrogens (tertiary/aromatic N) is 2. The van der Waals surface area contributed by atoms with Gasteiger partial charge in [0.15, 0.2) is 0 Å². The molecular weight excluding hydrogens is 310 g/mol. The van der Waals surface area contributed by atoms with Crippen molar-refractivity contribution in [2.45, 2.75) is 6.54 Å². The third kappa shape index (κ3) is 3.79. The van der Waals surface area contributed by atoms with E-state index in [9.17, 15) is 0 Å². The molecule has 1 N–H and O–H groups in total. The van der Waals surface area contributed by atoms with E-state index >= 15 is 0 Å². The molecule has 0 aliphatic heterocycles. The fraction of sp³-hybridized carbons (Fsp3) is 0.111. The highest BCUT2D eigenvalue weighted by atomic mass is 35.5. The van der Waals surface area contributed by atoms with Crippen LogP contribution in [-0.4, -0.2) is 18.3 Å². The zero-order valence-electron chi connectivity index (χ0n) is 12.7. The fourth-order valence-corrected chi connectivity index (χ4v) is 2.40. The van der Waals surface area contributed by atoms with Crippen molar-refractivity contribution in [2.75, 3.05) is 7.11 Å². The third-order valence-electron chi connectivity index (χ3n) is 3.43. The summed E-state index contributed by atoms with van der Waals surface area (Å²) in [5.74, 6) is 0.756. The first-order valence-corrected chi connectivity index (χ1v) is 7.58. The van der Waals surface area contributed by atoms with Crippen molar-refractivity contribution in [3.05, 3.63) is 70.9 Å². The van der Waals surface area contributed by atoms with Crippen molar-refractivity contribution in [2.24, 2.45) is 5.10 Å². The maximum absolute atomic E-state index is 6.22. The lowest BCUT2D eigenvalue weighted by atomic mass is 10.1. The first kappa shape index (κ1) is 15.3. The van der Waals surface area contributed by atoms with Crippen LogP contribution in [0.5, 0.6) is 5.75 Å². The summed E-state index contributed by atoms with van der Waals surface area (Å²) >= 11 is 6.22. The molecule has 1 heterocycles. The molecule has 0 aliphatic carbocycles. The molecule has 0 radical (unpaired) electrons. The number of fused-ring (bicyclic) bond motifs is 1. The second-order valence-electron chi connectivity index (χ2n) is 5.01. The van der Waals surface area contributed by atoms with E-state index in [1.807, 2.05) is 54.6 Å². The van der Waals surface area contributed by atoms with E-state index in [1.165, 1.54) is 5.56 Å². The maximum atomic E-state index is 6.22. The molecule has 4 nitrogen and oxygen atoms in total. The zero-order valence-corrected chi connectivity index (χ0v) is 13.4. The van der Waals surface area contributed by atoms with E-state index in [4.69, 9.17) is 16.3 Å². The van der Waals surface area contributed by atoms with Crippen molar-refractivity contribution >= 4 is 28.7 Å². The summed E-state index contributed by atoms with van der Waals surface area (Å²) in [6, 6.07) is 17.7. The van der Waals surface area contributed by atoms with Gasteiger partial charge in [-0.1, -0.05) is 41.9 Å². The Labute approximate surface area is 139 Å². The molecule has 3 aromatic rings. The third-order valence-corrected chi connectivity index (χ3v) is 3.73. The molecule has 0 unspecified atom stereocenters. The van der Waals surface area contributed by atoms with Crippen LogP contribution in [0.1, 0.15) is 11.1 Å². The quantitative estimate of drug-likeness (QED) is 0.438. The molecule has 1 aromatic heterocycles. The van der Waals surface area contributed by atoms with Gasteiger partial charge in [0.05, 0.1) is 25.4 Å². The summed E-state index contributed by atoms with van der Waals surface area (Å²) < 4.78 is 5.19. The van der Waals surface area contributed by atoms with Gasteiger partial charge < -0.3 is 10.2 Å². The van der Waals surface area contributed by atoms with Gasteiger partial charge in [0.1, 0.15) is 10.9 Å². The number of rotatable bonds is 5. The molecule has 0 atom stereocenters. The topological polar surface area (TPSA) is 46.5 Å². The van der Waals surface area contributed by atoms with Gasteiger partial charge in [0.2, 0.25) is 0 Å². The molecule has 0 bridgehead atoms. The Morgan fingerprint density at radius 3 is 2.78 bits per heavy atom. The summed E-state index contributed by atoms with van der Waals surface area (Å²) in [5, 5.41) is 5.61. The van der Waals surface area contributed by atoms with Crippen LogP contribution in [0, 0.1) is 0 Å². The number of hydrazone groups is 1. The van der Waals surface area contributed by atoms with E-state index < -0.39 is 0 Å². The average Bonchev–Trinajstić information content (AvgIpc) is 2.59. The first-order valence-electron chi connectivity index (χ1n) is 7.20. The number of benzene rings is 2. The highest BCUT2D eigenvalue weighted by molar-refractivity contribution is 6.32. The van der Waals surface area contributed by atoms with Gasteiger partial charge in [0, 0.05) is 17.0 Å². The van der Waals surface area contributed by atoms with Crippen molar-refractivity contribution in [1.29, 1.82) is 0 Å². The Bertz CT molecular complexity index is 834. The SMILES string of the molecule is COc1ccc2cc(/C=N\NCc3ccccc3)c(Cl)nc2c1. The Morgan fingerprint density at radius 2 is 2.00 bits per heavy atom. The van der Waals surface area contributed by atoms with Gasteiger partial charge in [-0.2, -0.15) is 5.10 Å². The Hall–Kier alpha value is -2.59. The maximum Gasteiger partial charge on any atom is 0.138 e. The highest BCUT2D eigenvalue weighted by Gasteiger charge is 2.04. The molecule has 0 spiro atoms. The van der Waals surface area contributed by atoms with E-state index in [-0.39, 0.29) is 0 Å². The van der Waals surface area contributed by atoms with Crippen LogP contribution in [-0.2, 0) is 6.54 Å². The number of ether oxygens (including phenoxy) is 1. The van der Waals surface area contributed by atoms with Crippen molar-refractivity contribution in [3.63, 3.8) is 0 Å². The fourth-order valence-electron chi connectivity index (χ4n) is 2.21. The van der Waals surface area contributed by atoms with Gasteiger partial charge in [-0.05, 0) is 23.8 Å². The number of hydrogen-bond donors (Lipinski definition) is 1. The van der Waals surface area contributed by atoms with Crippen LogP contribution in [0.4, 0.5) is 0 Å². The minimum atomic E-state index is 0.413. The van der Waals surface area contributed by atoms with Crippen molar-refractivity contribution < 1.29 is 4.74 Å². The molecule has 0 saturated heterocycles. The smallest absolute Gasteiger partial charge is 0.138 e. The molecule has 116 valence electrons. The molecule has 0 fully saturated rings. The minimum Gasteiger partial charge on any atom is -0.497 e. The highest BCUT2D eigenvalue weighted by Crippen LogP contribution is 2.23. The van der Waals surface area contributed by atoms with Gasteiger partial charge >= 0.3 is 0 Å². The molecule has 23 heavy (non-hydrogen) atoms. The zero-order chi connectivity index (χ0) is 16.1. The molecular formula is C18H16ClN3O. The van der Waals surface area contributed by atoms with E-state index in [1.54, 1.807) is 13.3 Å². The number of hydrogen-bond acceptors (Lipinski definition) is 4. The van der Waals surface area contributed by atoms with Crippen LogP contribution in [0.3, 0.4) is 0 Å². The number of halogens is 1. The standard InChI is InChI=1S/C18H16ClN3O/c1-23-16-8-7-14-9-15(18(19)22-17(14)10-16)12-21-20-11-13-5-3-2-4-6-13/h2-10,12,20H,11H2,1H3/b21-12-. The number of pyridine rings is 1. The van der Waals surface area contributed by atoms with Gasteiger partial charge in [0.25, 0.3) is 0 Å². The molecule has 2 aromatic carbocycles. The lowest BCUT2D eigenvalue weighted by Gasteiger charge is -2.05. The summed E-state index contributed by atoms with van der Waals surface area (Å²) in [7, 11) is 1.63. The minimum absolute atomic E-state index is 0.413. The summed E-state index contributed by atoms with van der Waals surface area (Å²) in [5.41, 5.74) is 5.74. The second kappa shape index (κ2) is 7.11. The summed E-state index contributed by atoms with van der Waals surface area (Å²) in [6.45, 7) is 0.660. The molecule has 0 amide bonds. The van der Waals surface area contributed by atoms with Gasteiger partial charge in [-0.3, -0.25) is 0 Å². The Balaban J connectivity index is 1.74.